The molecule has 23 heavy (non-hydrogen) atoms. The fourth-order valence-electron chi connectivity index (χ4n) is 3.83. The largest absolute Gasteiger partial charge is 0.366 e. The Kier molecular flexibility index (Phi) is 4.24. The number of nitrogens with two attached hydrogens (primary N) is 1. The summed E-state index contributed by atoms with van der Waals surface area (Å²) in [5.41, 5.74) is 6.29. The Hall–Kier alpha value is -2.10. The molecule has 2 aliphatic rings. The van der Waals surface area contributed by atoms with E-state index in [-0.39, 0.29) is 11.9 Å². The minimum absolute atomic E-state index is 0.0303. The SMILES string of the molecule is CC(C)N(C[C@@H]1C[C@H]2C=C[C@H]1C2)C(=O)c1ccc(C(N)=O)cc1. The van der Waals surface area contributed by atoms with Crippen LogP contribution < -0.4 is 5.73 Å². The number of carbonyl (C=O) groups is 2. The normalized spacial score (nSPS) is 25.1. The highest BCUT2D eigenvalue weighted by Crippen LogP contribution is 2.43. The van der Waals surface area contributed by atoms with Crippen molar-refractivity contribution in [3.63, 3.8) is 0 Å². The van der Waals surface area contributed by atoms with E-state index in [9.17, 15) is 9.59 Å². The molecule has 0 unspecified atom stereocenters. The molecule has 3 atom stereocenters. The third kappa shape index (κ3) is 3.16. The van der Waals surface area contributed by atoms with Crippen molar-refractivity contribution in [2.45, 2.75) is 32.7 Å². The van der Waals surface area contributed by atoms with Crippen LogP contribution in [0.4, 0.5) is 0 Å². The third-order valence-corrected chi connectivity index (χ3v) is 5.15. The number of rotatable bonds is 5. The number of benzene rings is 1. The minimum atomic E-state index is -0.474. The molecule has 2 aliphatic carbocycles. The number of hydrogen-bond donors (Lipinski definition) is 1. The smallest absolute Gasteiger partial charge is 0.254 e. The van der Waals surface area contributed by atoms with Gasteiger partial charge in [0.2, 0.25) is 5.91 Å². The van der Waals surface area contributed by atoms with Crippen molar-refractivity contribution in [3.05, 3.63) is 47.5 Å². The topological polar surface area (TPSA) is 63.4 Å². The molecule has 0 saturated heterocycles. The summed E-state index contributed by atoms with van der Waals surface area (Å²) < 4.78 is 0. The van der Waals surface area contributed by atoms with Crippen LogP contribution in [0.5, 0.6) is 0 Å². The Labute approximate surface area is 137 Å². The third-order valence-electron chi connectivity index (χ3n) is 5.15. The van der Waals surface area contributed by atoms with Gasteiger partial charge in [-0.2, -0.15) is 0 Å². The zero-order chi connectivity index (χ0) is 16.6. The second-order valence-corrected chi connectivity index (χ2v) is 7.03. The maximum Gasteiger partial charge on any atom is 0.254 e. The van der Waals surface area contributed by atoms with Gasteiger partial charge in [-0.1, -0.05) is 12.2 Å². The molecule has 0 spiro atoms. The second-order valence-electron chi connectivity index (χ2n) is 7.03. The van der Waals surface area contributed by atoms with E-state index in [0.717, 1.165) is 6.54 Å². The number of nitrogens with zero attached hydrogens (tertiary/aromatic N) is 1. The Morgan fingerprint density at radius 3 is 2.26 bits per heavy atom. The van der Waals surface area contributed by atoms with Gasteiger partial charge in [-0.3, -0.25) is 9.59 Å². The van der Waals surface area contributed by atoms with E-state index < -0.39 is 5.91 Å². The first-order valence-electron chi connectivity index (χ1n) is 8.35. The number of amides is 2. The monoisotopic (exact) mass is 312 g/mol. The summed E-state index contributed by atoms with van der Waals surface area (Å²) in [4.78, 5) is 26.0. The minimum Gasteiger partial charge on any atom is -0.366 e. The van der Waals surface area contributed by atoms with Crippen molar-refractivity contribution < 1.29 is 9.59 Å². The predicted molar refractivity (Wildman–Crippen MR) is 90.0 cm³/mol. The van der Waals surface area contributed by atoms with Crippen molar-refractivity contribution in [2.24, 2.45) is 23.5 Å². The molecule has 0 aliphatic heterocycles. The van der Waals surface area contributed by atoms with Gasteiger partial charge in [-0.15, -0.1) is 0 Å². The van der Waals surface area contributed by atoms with Crippen molar-refractivity contribution in [1.82, 2.24) is 4.90 Å². The maximum atomic E-state index is 12.9. The fraction of sp³-hybridized carbons (Fsp3) is 0.474. The summed E-state index contributed by atoms with van der Waals surface area (Å²) in [7, 11) is 0. The van der Waals surface area contributed by atoms with E-state index in [1.54, 1.807) is 24.3 Å². The maximum absolute atomic E-state index is 12.9. The highest BCUT2D eigenvalue weighted by molar-refractivity contribution is 5.97. The average molecular weight is 312 g/mol. The van der Waals surface area contributed by atoms with E-state index in [1.165, 1.54) is 12.8 Å². The Morgan fingerprint density at radius 1 is 1.13 bits per heavy atom. The molecular formula is C19H24N2O2. The zero-order valence-electron chi connectivity index (χ0n) is 13.7. The first kappa shape index (κ1) is 15.8. The van der Waals surface area contributed by atoms with Gasteiger partial charge in [-0.25, -0.2) is 0 Å². The van der Waals surface area contributed by atoms with Crippen molar-refractivity contribution >= 4 is 11.8 Å². The molecule has 2 bridgehead atoms. The van der Waals surface area contributed by atoms with Crippen molar-refractivity contribution in [2.75, 3.05) is 6.54 Å². The molecule has 122 valence electrons. The number of carbonyl (C=O) groups excluding carboxylic acids is 2. The molecule has 1 saturated carbocycles. The van der Waals surface area contributed by atoms with Gasteiger partial charge in [0, 0.05) is 23.7 Å². The van der Waals surface area contributed by atoms with E-state index in [0.29, 0.717) is 28.9 Å². The van der Waals surface area contributed by atoms with Crippen LogP contribution in [-0.2, 0) is 0 Å². The van der Waals surface area contributed by atoms with Gasteiger partial charge in [0.1, 0.15) is 0 Å². The van der Waals surface area contributed by atoms with Crippen LogP contribution in [0.1, 0.15) is 47.4 Å². The standard InChI is InChI=1S/C19H24N2O2/c1-12(2)21(11-17-10-13-3-4-16(17)9-13)19(23)15-7-5-14(6-8-15)18(20)22/h3-8,12-13,16-17H,9-11H2,1-2H3,(H2,20,22)/t13-,16-,17-/m0/s1. The summed E-state index contributed by atoms with van der Waals surface area (Å²) >= 11 is 0. The van der Waals surface area contributed by atoms with Gasteiger partial charge in [0.25, 0.3) is 5.91 Å². The lowest BCUT2D eigenvalue weighted by molar-refractivity contribution is 0.0661. The van der Waals surface area contributed by atoms with E-state index in [4.69, 9.17) is 5.73 Å². The first-order valence-corrected chi connectivity index (χ1v) is 8.35. The van der Waals surface area contributed by atoms with Crippen LogP contribution in [0.25, 0.3) is 0 Å². The Bertz CT molecular complexity index is 633. The van der Waals surface area contributed by atoms with E-state index >= 15 is 0 Å². The Morgan fingerprint density at radius 2 is 1.78 bits per heavy atom. The van der Waals surface area contributed by atoms with Gasteiger partial charge < -0.3 is 10.6 Å². The van der Waals surface area contributed by atoms with Gasteiger partial charge in [0.05, 0.1) is 0 Å². The Balaban J connectivity index is 1.73. The molecule has 2 amide bonds. The quantitative estimate of drug-likeness (QED) is 0.850. The van der Waals surface area contributed by atoms with Crippen LogP contribution in [-0.4, -0.2) is 29.3 Å². The summed E-state index contributed by atoms with van der Waals surface area (Å²) in [6.45, 7) is 4.91. The van der Waals surface area contributed by atoms with Gasteiger partial charge in [0.15, 0.2) is 0 Å². The molecule has 0 radical (unpaired) electrons. The molecule has 4 heteroatoms. The number of hydrogen-bond acceptors (Lipinski definition) is 2. The molecule has 3 rings (SSSR count). The summed E-state index contributed by atoms with van der Waals surface area (Å²) in [6, 6.07) is 6.78. The lowest BCUT2D eigenvalue weighted by Gasteiger charge is -2.32. The molecule has 1 aromatic carbocycles. The highest BCUT2D eigenvalue weighted by atomic mass is 16.2. The van der Waals surface area contributed by atoms with Crippen molar-refractivity contribution in [1.29, 1.82) is 0 Å². The predicted octanol–water partition coefficient (Wildman–Crippen LogP) is 2.85. The van der Waals surface area contributed by atoms with Crippen LogP contribution in [0, 0.1) is 17.8 Å². The molecule has 1 fully saturated rings. The van der Waals surface area contributed by atoms with Crippen LogP contribution in [0.15, 0.2) is 36.4 Å². The van der Waals surface area contributed by atoms with Crippen LogP contribution in [0.2, 0.25) is 0 Å². The molecule has 1 aromatic rings. The number of primary amides is 1. The average Bonchev–Trinajstić information content (AvgIpc) is 3.14. The fourth-order valence-corrected chi connectivity index (χ4v) is 3.83. The molecule has 4 nitrogen and oxygen atoms in total. The summed E-state index contributed by atoms with van der Waals surface area (Å²) in [5, 5.41) is 0. The molecular weight excluding hydrogens is 288 g/mol. The molecule has 0 aromatic heterocycles. The van der Waals surface area contributed by atoms with Crippen LogP contribution >= 0.6 is 0 Å². The number of allylic oxidation sites excluding steroid dienone is 2. The first-order chi connectivity index (χ1) is 11.0. The molecule has 0 heterocycles. The lowest BCUT2D eigenvalue weighted by atomic mass is 9.92. The zero-order valence-corrected chi connectivity index (χ0v) is 13.7. The molecule has 2 N–H and O–H groups in total. The van der Waals surface area contributed by atoms with Crippen LogP contribution in [0.3, 0.4) is 0 Å². The highest BCUT2D eigenvalue weighted by Gasteiger charge is 2.37. The number of fused-ring (bicyclic) bond motifs is 2. The summed E-state index contributed by atoms with van der Waals surface area (Å²) in [5.74, 6) is 1.47. The van der Waals surface area contributed by atoms with E-state index in [1.807, 2.05) is 4.90 Å². The lowest BCUT2D eigenvalue weighted by Crippen LogP contribution is -2.41. The second kappa shape index (κ2) is 6.19. The van der Waals surface area contributed by atoms with E-state index in [2.05, 4.69) is 26.0 Å². The van der Waals surface area contributed by atoms with Crippen molar-refractivity contribution in [3.8, 4) is 0 Å². The van der Waals surface area contributed by atoms with Gasteiger partial charge >= 0.3 is 0 Å². The van der Waals surface area contributed by atoms with Gasteiger partial charge in [-0.05, 0) is 68.7 Å². The summed E-state index contributed by atoms with van der Waals surface area (Å²) in [6.07, 6.45) is 7.09.